The monoisotopic (exact) mass is 228 g/mol. The first-order chi connectivity index (χ1) is 7.61. The maximum atomic E-state index is 13.5. The van der Waals surface area contributed by atoms with Crippen molar-refractivity contribution in [2.45, 2.75) is 24.9 Å². The number of aromatic nitrogens is 2. The Balaban J connectivity index is 2.28. The van der Waals surface area contributed by atoms with Gasteiger partial charge >= 0.3 is 5.69 Å². The number of aliphatic hydroxyl groups is 1. The summed E-state index contributed by atoms with van der Waals surface area (Å²) in [7, 11) is 0. The van der Waals surface area contributed by atoms with Crippen molar-refractivity contribution in [1.82, 2.24) is 9.55 Å². The van der Waals surface area contributed by atoms with E-state index in [2.05, 4.69) is 4.98 Å². The molecule has 3 atom stereocenters. The van der Waals surface area contributed by atoms with Gasteiger partial charge in [0.15, 0.2) is 6.23 Å². The van der Waals surface area contributed by atoms with Gasteiger partial charge in [-0.05, 0) is 6.07 Å². The molecule has 1 unspecified atom stereocenters. The van der Waals surface area contributed by atoms with Crippen LogP contribution in [0.2, 0.25) is 0 Å². The van der Waals surface area contributed by atoms with Crippen molar-refractivity contribution < 1.29 is 14.2 Å². The summed E-state index contributed by atoms with van der Waals surface area (Å²) < 4.78 is 19.7. The summed E-state index contributed by atoms with van der Waals surface area (Å²) >= 11 is 0. The Hall–Kier alpha value is -1.47. The van der Waals surface area contributed by atoms with Crippen LogP contribution < -0.4 is 11.4 Å². The van der Waals surface area contributed by atoms with Gasteiger partial charge in [0.25, 0.3) is 0 Å². The van der Waals surface area contributed by atoms with E-state index in [1.807, 2.05) is 0 Å². The number of nitrogen functional groups attached to an aromatic ring is 1. The van der Waals surface area contributed by atoms with E-state index in [1.54, 1.807) is 0 Å². The van der Waals surface area contributed by atoms with Gasteiger partial charge < -0.3 is 15.6 Å². The molecule has 0 amide bonds. The molecule has 1 aromatic rings. The number of hydrogen-bond acceptors (Lipinski definition) is 5. The lowest BCUT2D eigenvalue weighted by atomic mass is 10.2. The predicted octanol–water partition coefficient (Wildman–Crippen LogP) is -0.0146. The maximum absolute atomic E-state index is 13.5. The number of halogens is 1. The largest absolute Gasteiger partial charge is 0.388 e. The first-order valence-corrected chi connectivity index (χ1v) is 4.73. The number of nitrogens with two attached hydrogens (primary N) is 1. The van der Waals surface area contributed by atoms with E-state index in [0.29, 0.717) is 0 Å². The van der Waals surface area contributed by atoms with Crippen molar-refractivity contribution in [3.63, 3.8) is 0 Å². The predicted molar refractivity (Wildman–Crippen MR) is 52.6 cm³/mol. The number of nitrogens with zero attached hydrogens (tertiary/aromatic N) is 2. The third kappa shape index (κ3) is 1.91. The van der Waals surface area contributed by atoms with Gasteiger partial charge in [-0.1, -0.05) is 0 Å². The van der Waals surface area contributed by atoms with Crippen LogP contribution in [-0.2, 0) is 4.74 Å². The minimum Gasteiger partial charge on any atom is -0.388 e. The summed E-state index contributed by atoms with van der Waals surface area (Å²) in [5.41, 5.74) is 4.63. The van der Waals surface area contributed by atoms with E-state index in [4.69, 9.17) is 15.6 Å². The molecule has 7 heteroatoms. The molecule has 1 radical (unpaired) electrons. The summed E-state index contributed by atoms with van der Waals surface area (Å²) in [6, 6.07) is 1.38. The zero-order valence-corrected chi connectivity index (χ0v) is 8.28. The highest BCUT2D eigenvalue weighted by Gasteiger charge is 2.37. The van der Waals surface area contributed by atoms with Crippen molar-refractivity contribution in [3.8, 4) is 0 Å². The minimum atomic E-state index is -1.36. The third-order valence-corrected chi connectivity index (χ3v) is 2.37. The number of hydrogen-bond donors (Lipinski definition) is 2. The molecule has 0 spiro atoms. The van der Waals surface area contributed by atoms with E-state index in [9.17, 15) is 9.18 Å². The highest BCUT2D eigenvalue weighted by molar-refractivity contribution is 5.23. The molecule has 0 bridgehead atoms. The molecule has 0 saturated carbocycles. The molecule has 0 aliphatic carbocycles. The normalized spacial score (nSPS) is 29.5. The van der Waals surface area contributed by atoms with E-state index in [-0.39, 0.29) is 12.2 Å². The number of rotatable bonds is 2. The molecule has 87 valence electrons. The van der Waals surface area contributed by atoms with Gasteiger partial charge in [-0.3, -0.25) is 4.57 Å². The van der Waals surface area contributed by atoms with Crippen molar-refractivity contribution >= 4 is 5.82 Å². The van der Waals surface area contributed by atoms with Gasteiger partial charge in [0.05, 0.1) is 6.10 Å². The first kappa shape index (κ1) is 11.0. The standard InChI is InChI=1S/C9H11FN3O3/c10-6-3-5(4-14)16-8(6)13-2-1-7(11)12-9(13)15/h1-2,4-6,8,14H,3H2,(H2,11,12,15)/t5-,6?,8+/m0/s1. The van der Waals surface area contributed by atoms with Crippen molar-refractivity contribution in [2.24, 2.45) is 0 Å². The third-order valence-electron chi connectivity index (χ3n) is 2.37. The van der Waals surface area contributed by atoms with Gasteiger partial charge in [-0.25, -0.2) is 9.18 Å². The molecule has 2 heterocycles. The molecule has 0 aromatic carbocycles. The number of anilines is 1. The van der Waals surface area contributed by atoms with Crippen LogP contribution >= 0.6 is 0 Å². The van der Waals surface area contributed by atoms with Crippen LogP contribution in [0.4, 0.5) is 10.2 Å². The highest BCUT2D eigenvalue weighted by Crippen LogP contribution is 2.30. The molecule has 6 nitrogen and oxygen atoms in total. The molecular weight excluding hydrogens is 217 g/mol. The van der Waals surface area contributed by atoms with E-state index in [1.165, 1.54) is 12.3 Å². The molecule has 16 heavy (non-hydrogen) atoms. The van der Waals surface area contributed by atoms with Gasteiger partial charge in [-0.2, -0.15) is 4.98 Å². The van der Waals surface area contributed by atoms with Gasteiger partial charge in [0, 0.05) is 12.6 Å². The fraction of sp³-hybridized carbons (Fsp3) is 0.444. The Morgan fingerprint density at radius 2 is 2.50 bits per heavy atom. The Morgan fingerprint density at radius 1 is 1.75 bits per heavy atom. The van der Waals surface area contributed by atoms with E-state index < -0.39 is 24.2 Å². The van der Waals surface area contributed by atoms with Crippen molar-refractivity contribution in [2.75, 3.05) is 5.73 Å². The smallest absolute Gasteiger partial charge is 0.351 e. The van der Waals surface area contributed by atoms with Crippen molar-refractivity contribution in [3.05, 3.63) is 29.4 Å². The fourth-order valence-corrected chi connectivity index (χ4v) is 1.61. The number of aliphatic hydroxyl groups excluding tert-OH is 1. The molecular formula is C9H11FN3O3. The van der Waals surface area contributed by atoms with E-state index >= 15 is 0 Å². The van der Waals surface area contributed by atoms with E-state index in [0.717, 1.165) is 11.2 Å². The van der Waals surface area contributed by atoms with Crippen LogP contribution in [0.3, 0.4) is 0 Å². The minimum absolute atomic E-state index is 0.0119. The lowest BCUT2D eigenvalue weighted by molar-refractivity contribution is -0.0233. The second-order valence-corrected chi connectivity index (χ2v) is 3.51. The highest BCUT2D eigenvalue weighted by atomic mass is 19.1. The average molecular weight is 228 g/mol. The molecule has 3 N–H and O–H groups in total. The van der Waals surface area contributed by atoms with Crippen LogP contribution in [0.1, 0.15) is 12.6 Å². The average Bonchev–Trinajstić information content (AvgIpc) is 2.60. The summed E-state index contributed by atoms with van der Waals surface area (Å²) in [5, 5.41) is 8.72. The Kier molecular flexibility index (Phi) is 2.88. The van der Waals surface area contributed by atoms with Crippen LogP contribution in [-0.4, -0.2) is 26.9 Å². The summed E-state index contributed by atoms with van der Waals surface area (Å²) in [4.78, 5) is 14.9. The first-order valence-electron chi connectivity index (χ1n) is 4.73. The SMILES string of the molecule is Nc1ccn([C@@H]2O[C@H]([CH]O)CC2F)c(=O)n1. The lowest BCUT2D eigenvalue weighted by Gasteiger charge is -2.15. The topological polar surface area (TPSA) is 90.4 Å². The van der Waals surface area contributed by atoms with Gasteiger partial charge in [0.2, 0.25) is 0 Å². The van der Waals surface area contributed by atoms with Crippen LogP contribution in [0.25, 0.3) is 0 Å². The van der Waals surface area contributed by atoms with Crippen LogP contribution in [0.5, 0.6) is 0 Å². The quantitative estimate of drug-likeness (QED) is 0.742. The molecule has 1 fully saturated rings. The van der Waals surface area contributed by atoms with Gasteiger partial charge in [0.1, 0.15) is 18.6 Å². The fourth-order valence-electron chi connectivity index (χ4n) is 1.61. The second-order valence-electron chi connectivity index (χ2n) is 3.51. The molecule has 1 saturated heterocycles. The Bertz CT molecular complexity index is 436. The summed E-state index contributed by atoms with van der Waals surface area (Å²) in [6.07, 6.45) is -1.80. The molecule has 1 aromatic heterocycles. The second kappa shape index (κ2) is 4.18. The summed E-state index contributed by atoms with van der Waals surface area (Å²) in [6.45, 7) is 0.766. The number of alkyl halides is 1. The zero-order valence-electron chi connectivity index (χ0n) is 8.28. The summed E-state index contributed by atoms with van der Waals surface area (Å²) in [5.74, 6) is 0.0694. The zero-order chi connectivity index (χ0) is 11.7. The van der Waals surface area contributed by atoms with Crippen LogP contribution in [0.15, 0.2) is 17.1 Å². The molecule has 2 rings (SSSR count). The lowest BCUT2D eigenvalue weighted by Crippen LogP contribution is -2.30. The van der Waals surface area contributed by atoms with Crippen molar-refractivity contribution in [1.29, 1.82) is 0 Å². The molecule has 1 aliphatic heterocycles. The Morgan fingerprint density at radius 3 is 3.06 bits per heavy atom. The number of ether oxygens (including phenoxy) is 1. The van der Waals surface area contributed by atoms with Crippen LogP contribution in [0, 0.1) is 6.61 Å². The van der Waals surface area contributed by atoms with Gasteiger partial charge in [-0.15, -0.1) is 0 Å². The molecule has 1 aliphatic rings. The maximum Gasteiger partial charge on any atom is 0.351 e. The Labute approximate surface area is 90.5 Å².